The first-order valence-corrected chi connectivity index (χ1v) is 7.22. The van der Waals surface area contributed by atoms with Crippen LogP contribution in [0.5, 0.6) is 5.75 Å². The minimum absolute atomic E-state index is 0.0740. The Morgan fingerprint density at radius 1 is 1.37 bits per heavy atom. The summed E-state index contributed by atoms with van der Waals surface area (Å²) in [7, 11) is 0. The molecule has 19 heavy (non-hydrogen) atoms. The molecule has 0 aliphatic rings. The fourth-order valence-electron chi connectivity index (χ4n) is 1.34. The number of nitrogens with one attached hydrogen (secondary N) is 1. The molecule has 0 aliphatic carbocycles. The molecule has 1 aromatic rings. The fraction of sp³-hybridized carbons (Fsp3) is 0.385. The number of ether oxygens (including phenoxy) is 2. The maximum Gasteiger partial charge on any atom is 0.344 e. The lowest BCUT2D eigenvalue weighted by Gasteiger charge is -2.08. The third-order valence-corrected chi connectivity index (χ3v) is 2.61. The zero-order chi connectivity index (χ0) is 14.1. The van der Waals surface area contributed by atoms with Crippen molar-refractivity contribution < 1.29 is 19.1 Å². The summed E-state index contributed by atoms with van der Waals surface area (Å²) in [6, 6.07) is 6.88. The summed E-state index contributed by atoms with van der Waals surface area (Å²) in [5.74, 6) is 0.415. The molecule has 5 nitrogen and oxygen atoms in total. The van der Waals surface area contributed by atoms with Crippen molar-refractivity contribution in [3.05, 3.63) is 24.3 Å². The molecule has 104 valence electrons. The minimum Gasteiger partial charge on any atom is -0.482 e. The molecule has 0 aromatic heterocycles. The van der Waals surface area contributed by atoms with Gasteiger partial charge in [0.25, 0.3) is 0 Å². The lowest BCUT2D eigenvalue weighted by Crippen LogP contribution is -2.15. The average Bonchev–Trinajstić information content (AvgIpc) is 2.37. The van der Waals surface area contributed by atoms with Crippen LogP contribution in [0.2, 0.25) is 0 Å². The van der Waals surface area contributed by atoms with Crippen LogP contribution in [0, 0.1) is 0 Å². The Morgan fingerprint density at radius 3 is 2.84 bits per heavy atom. The van der Waals surface area contributed by atoms with Gasteiger partial charge in [-0.25, -0.2) is 4.79 Å². The van der Waals surface area contributed by atoms with Crippen LogP contribution in [0.25, 0.3) is 0 Å². The second-order valence-corrected chi connectivity index (χ2v) is 4.47. The van der Waals surface area contributed by atoms with E-state index in [9.17, 15) is 9.59 Å². The van der Waals surface area contributed by atoms with Crippen molar-refractivity contribution in [1.82, 2.24) is 0 Å². The van der Waals surface area contributed by atoms with Gasteiger partial charge in [0.15, 0.2) is 6.61 Å². The van der Waals surface area contributed by atoms with E-state index in [1.807, 2.05) is 6.26 Å². The van der Waals surface area contributed by atoms with Gasteiger partial charge in [0, 0.05) is 11.8 Å². The van der Waals surface area contributed by atoms with E-state index in [2.05, 4.69) is 5.32 Å². The van der Waals surface area contributed by atoms with Crippen LogP contribution < -0.4 is 10.1 Å². The first kappa shape index (κ1) is 15.4. The van der Waals surface area contributed by atoms with Crippen LogP contribution in [0.4, 0.5) is 5.69 Å². The fourth-order valence-corrected chi connectivity index (χ4v) is 1.67. The highest BCUT2D eigenvalue weighted by Gasteiger charge is 2.05. The topological polar surface area (TPSA) is 64.6 Å². The van der Waals surface area contributed by atoms with Gasteiger partial charge in [-0.3, -0.25) is 4.79 Å². The molecule has 0 fully saturated rings. The zero-order valence-corrected chi connectivity index (χ0v) is 11.8. The van der Waals surface area contributed by atoms with Gasteiger partial charge in [-0.2, -0.15) is 11.8 Å². The number of anilines is 1. The summed E-state index contributed by atoms with van der Waals surface area (Å²) in [6.45, 7) is 1.92. The predicted molar refractivity (Wildman–Crippen MR) is 75.6 cm³/mol. The quantitative estimate of drug-likeness (QED) is 0.775. The largest absolute Gasteiger partial charge is 0.482 e. The molecular weight excluding hydrogens is 266 g/mol. The number of hydrogen-bond donors (Lipinski definition) is 1. The van der Waals surface area contributed by atoms with E-state index in [0.717, 1.165) is 0 Å². The van der Waals surface area contributed by atoms with Crippen LogP contribution in [-0.4, -0.2) is 37.1 Å². The standard InChI is InChI=1S/C13H17NO4S/c1-3-17-13(16)8-18-11-6-4-5-10(7-11)14-12(15)9-19-2/h4-7H,3,8-9H2,1-2H3,(H,14,15). The van der Waals surface area contributed by atoms with E-state index in [-0.39, 0.29) is 12.5 Å². The summed E-state index contributed by atoms with van der Waals surface area (Å²) >= 11 is 1.45. The molecule has 0 saturated heterocycles. The molecule has 1 amide bonds. The van der Waals surface area contributed by atoms with Gasteiger partial charge in [0.05, 0.1) is 12.4 Å². The van der Waals surface area contributed by atoms with Crippen LogP contribution in [0.15, 0.2) is 24.3 Å². The van der Waals surface area contributed by atoms with Crippen LogP contribution in [0.3, 0.4) is 0 Å². The van der Waals surface area contributed by atoms with Crippen molar-refractivity contribution in [2.75, 3.05) is 30.5 Å². The number of carbonyl (C=O) groups excluding carboxylic acids is 2. The molecule has 1 rings (SSSR count). The Kier molecular flexibility index (Phi) is 6.81. The van der Waals surface area contributed by atoms with Crippen molar-refractivity contribution in [2.45, 2.75) is 6.92 Å². The highest BCUT2D eigenvalue weighted by molar-refractivity contribution is 7.99. The second-order valence-electron chi connectivity index (χ2n) is 3.60. The predicted octanol–water partition coefficient (Wildman–Crippen LogP) is 1.93. The second kappa shape index (κ2) is 8.42. The number of carbonyl (C=O) groups is 2. The third-order valence-electron chi connectivity index (χ3n) is 2.06. The van der Waals surface area contributed by atoms with Gasteiger partial charge in [0.1, 0.15) is 5.75 Å². The van der Waals surface area contributed by atoms with Crippen molar-refractivity contribution in [2.24, 2.45) is 0 Å². The third kappa shape index (κ3) is 6.15. The van der Waals surface area contributed by atoms with Crippen LogP contribution in [0.1, 0.15) is 6.92 Å². The number of rotatable bonds is 7. The molecule has 0 bridgehead atoms. The molecule has 0 radical (unpaired) electrons. The molecule has 1 aromatic carbocycles. The van der Waals surface area contributed by atoms with Crippen molar-refractivity contribution in [1.29, 1.82) is 0 Å². The SMILES string of the molecule is CCOC(=O)COc1cccc(NC(=O)CSC)c1. The van der Waals surface area contributed by atoms with Gasteiger partial charge in [0.2, 0.25) is 5.91 Å². The molecule has 0 spiro atoms. The number of benzene rings is 1. The van der Waals surface area contributed by atoms with Crippen molar-refractivity contribution in [3.63, 3.8) is 0 Å². The highest BCUT2D eigenvalue weighted by atomic mass is 32.2. The van der Waals surface area contributed by atoms with Crippen molar-refractivity contribution in [3.8, 4) is 5.75 Å². The van der Waals surface area contributed by atoms with Crippen LogP contribution in [-0.2, 0) is 14.3 Å². The molecule has 0 saturated carbocycles. The maximum atomic E-state index is 11.4. The lowest BCUT2D eigenvalue weighted by molar-refractivity contribution is -0.145. The molecule has 6 heteroatoms. The van der Waals surface area contributed by atoms with E-state index >= 15 is 0 Å². The van der Waals surface area contributed by atoms with E-state index in [4.69, 9.17) is 9.47 Å². The van der Waals surface area contributed by atoms with Gasteiger partial charge in [-0.15, -0.1) is 0 Å². The summed E-state index contributed by atoms with van der Waals surface area (Å²) in [5.41, 5.74) is 0.639. The Balaban J connectivity index is 2.52. The summed E-state index contributed by atoms with van der Waals surface area (Å²) < 4.78 is 10.0. The van der Waals surface area contributed by atoms with Crippen LogP contribution >= 0.6 is 11.8 Å². The molecule has 0 aliphatic heterocycles. The Hall–Kier alpha value is -1.69. The van der Waals surface area contributed by atoms with Gasteiger partial charge < -0.3 is 14.8 Å². The highest BCUT2D eigenvalue weighted by Crippen LogP contribution is 2.17. The number of amides is 1. The first-order valence-electron chi connectivity index (χ1n) is 5.83. The lowest BCUT2D eigenvalue weighted by atomic mass is 10.3. The molecule has 0 heterocycles. The van der Waals surface area contributed by atoms with Gasteiger partial charge >= 0.3 is 5.97 Å². The average molecular weight is 283 g/mol. The molecular formula is C13H17NO4S. The van der Waals surface area contributed by atoms with E-state index < -0.39 is 5.97 Å². The van der Waals surface area contributed by atoms with Gasteiger partial charge in [-0.05, 0) is 25.3 Å². The zero-order valence-electron chi connectivity index (χ0n) is 11.0. The van der Waals surface area contributed by atoms with E-state index in [0.29, 0.717) is 23.8 Å². The number of esters is 1. The van der Waals surface area contributed by atoms with Crippen molar-refractivity contribution >= 4 is 29.3 Å². The monoisotopic (exact) mass is 283 g/mol. The summed E-state index contributed by atoms with van der Waals surface area (Å²) in [4.78, 5) is 22.6. The Bertz CT molecular complexity index is 436. The summed E-state index contributed by atoms with van der Waals surface area (Å²) in [6.07, 6.45) is 1.86. The van der Waals surface area contributed by atoms with Gasteiger partial charge in [-0.1, -0.05) is 6.07 Å². The van der Waals surface area contributed by atoms with E-state index in [1.54, 1.807) is 31.2 Å². The number of hydrogen-bond acceptors (Lipinski definition) is 5. The van der Waals surface area contributed by atoms with E-state index in [1.165, 1.54) is 11.8 Å². The first-order chi connectivity index (χ1) is 9.15. The molecule has 0 unspecified atom stereocenters. The maximum absolute atomic E-state index is 11.4. The smallest absolute Gasteiger partial charge is 0.344 e. The molecule has 0 atom stereocenters. The minimum atomic E-state index is -0.417. The Morgan fingerprint density at radius 2 is 2.16 bits per heavy atom. The number of thioether (sulfide) groups is 1. The molecule has 1 N–H and O–H groups in total. The Labute approximate surface area is 116 Å². The summed E-state index contributed by atoms with van der Waals surface area (Å²) in [5, 5.41) is 2.74. The normalized spacial score (nSPS) is 9.79.